The molecule has 0 aliphatic rings. The fourth-order valence-corrected chi connectivity index (χ4v) is 4.92. The molecular weight excluding hydrogens is 481 g/mol. The Bertz CT molecular complexity index is 986. The van der Waals surface area contributed by atoms with Gasteiger partial charge in [-0.1, -0.05) is 50.2 Å². The Kier molecular flexibility index (Phi) is 10.7. The van der Waals surface area contributed by atoms with E-state index in [9.17, 15) is 28.9 Å². The van der Waals surface area contributed by atoms with Crippen LogP contribution in [-0.2, 0) is 31.9 Å². The molecule has 0 radical (unpaired) electrons. The Balaban J connectivity index is 1.94. The molecular formula is C22H30N3O7PS. The van der Waals surface area contributed by atoms with Crippen LogP contribution < -0.4 is 15.7 Å². The summed E-state index contributed by atoms with van der Waals surface area (Å²) in [6.07, 6.45) is -1.27. The third-order valence-corrected chi connectivity index (χ3v) is 6.83. The number of ether oxygens (including phenoxy) is 1. The number of thiophene rings is 1. The number of alkyl carbamates (subject to hydrolysis) is 1. The molecule has 1 unspecified atom stereocenters. The second kappa shape index (κ2) is 13.2. The van der Waals surface area contributed by atoms with Crippen LogP contribution in [0.5, 0.6) is 0 Å². The first-order valence-electron chi connectivity index (χ1n) is 10.7. The molecule has 3 atom stereocenters. The van der Waals surface area contributed by atoms with Gasteiger partial charge in [0.1, 0.15) is 18.9 Å². The lowest BCUT2D eigenvalue weighted by Crippen LogP contribution is -2.51. The average molecular weight is 512 g/mol. The van der Waals surface area contributed by atoms with Gasteiger partial charge in [-0.25, -0.2) is 14.7 Å². The van der Waals surface area contributed by atoms with Gasteiger partial charge in [0.2, 0.25) is 5.91 Å². The second-order valence-electron chi connectivity index (χ2n) is 8.09. The predicted molar refractivity (Wildman–Crippen MR) is 128 cm³/mol. The third kappa shape index (κ3) is 10.0. The summed E-state index contributed by atoms with van der Waals surface area (Å²) < 4.78 is 17.7. The van der Waals surface area contributed by atoms with Crippen molar-refractivity contribution in [1.29, 1.82) is 0 Å². The summed E-state index contributed by atoms with van der Waals surface area (Å²) in [4.78, 5) is 47.4. The van der Waals surface area contributed by atoms with E-state index in [0.29, 0.717) is 0 Å². The van der Waals surface area contributed by atoms with Crippen molar-refractivity contribution in [3.63, 3.8) is 0 Å². The lowest BCUT2D eigenvalue weighted by molar-refractivity contribution is -0.142. The Hall–Kier alpha value is -2.72. The van der Waals surface area contributed by atoms with Gasteiger partial charge in [0.25, 0.3) is 7.52 Å². The number of aliphatic carboxylic acids is 1. The van der Waals surface area contributed by atoms with E-state index in [4.69, 9.17) is 4.74 Å². The minimum Gasteiger partial charge on any atom is -0.480 e. The van der Waals surface area contributed by atoms with E-state index < -0.39 is 43.9 Å². The third-order valence-electron chi connectivity index (χ3n) is 4.63. The zero-order valence-corrected chi connectivity index (χ0v) is 20.7. The van der Waals surface area contributed by atoms with Crippen LogP contribution in [0.15, 0.2) is 47.8 Å². The van der Waals surface area contributed by atoms with Crippen LogP contribution in [0.2, 0.25) is 0 Å². The molecule has 2 rings (SSSR count). The molecule has 0 aliphatic carbocycles. The van der Waals surface area contributed by atoms with Crippen molar-refractivity contribution in [2.75, 3.05) is 6.29 Å². The van der Waals surface area contributed by atoms with Gasteiger partial charge in [0.15, 0.2) is 0 Å². The van der Waals surface area contributed by atoms with Crippen LogP contribution >= 0.6 is 18.9 Å². The van der Waals surface area contributed by atoms with Crippen LogP contribution in [0.4, 0.5) is 4.79 Å². The van der Waals surface area contributed by atoms with E-state index in [1.165, 1.54) is 11.3 Å². The normalized spacial score (nSPS) is 14.6. The van der Waals surface area contributed by atoms with Crippen molar-refractivity contribution in [2.45, 2.75) is 45.4 Å². The number of carbonyl (C=O) groups excluding carboxylic acids is 2. The Labute approximate surface area is 202 Å². The molecule has 1 aromatic heterocycles. The lowest BCUT2D eigenvalue weighted by Gasteiger charge is -2.25. The van der Waals surface area contributed by atoms with E-state index in [1.807, 2.05) is 19.9 Å². The molecule has 2 amide bonds. The van der Waals surface area contributed by atoms with E-state index in [1.54, 1.807) is 41.8 Å². The predicted octanol–water partition coefficient (Wildman–Crippen LogP) is 2.93. The maximum Gasteiger partial charge on any atom is 0.407 e. The van der Waals surface area contributed by atoms with Gasteiger partial charge < -0.3 is 25.4 Å². The minimum atomic E-state index is -4.20. The summed E-state index contributed by atoms with van der Waals surface area (Å²) in [5.74, 6) is -1.95. The molecule has 0 bridgehead atoms. The van der Waals surface area contributed by atoms with Crippen LogP contribution in [0, 0.1) is 5.92 Å². The van der Waals surface area contributed by atoms with E-state index in [-0.39, 0.29) is 25.4 Å². The topological polar surface area (TPSA) is 154 Å². The second-order valence-corrected chi connectivity index (χ2v) is 11.1. The smallest absolute Gasteiger partial charge is 0.407 e. The van der Waals surface area contributed by atoms with Gasteiger partial charge in [-0.05, 0) is 29.3 Å². The highest BCUT2D eigenvalue weighted by molar-refractivity contribution is 7.55. The van der Waals surface area contributed by atoms with Gasteiger partial charge in [0.05, 0.1) is 6.04 Å². The number of benzene rings is 1. The van der Waals surface area contributed by atoms with Gasteiger partial charge in [-0.2, -0.15) is 0 Å². The molecule has 0 aliphatic heterocycles. The number of hydrogen-bond acceptors (Lipinski definition) is 6. The first-order valence-corrected chi connectivity index (χ1v) is 13.4. The average Bonchev–Trinajstić information content (AvgIpc) is 3.29. The highest BCUT2D eigenvalue weighted by Gasteiger charge is 2.31. The van der Waals surface area contributed by atoms with Gasteiger partial charge in [-0.3, -0.25) is 9.36 Å². The molecule has 1 heterocycles. The molecule has 0 saturated carbocycles. The zero-order valence-electron chi connectivity index (χ0n) is 19.0. The summed E-state index contributed by atoms with van der Waals surface area (Å²) in [6.45, 7) is 3.64. The number of carbonyl (C=O) groups is 3. The van der Waals surface area contributed by atoms with Crippen LogP contribution in [0.1, 0.15) is 30.7 Å². The van der Waals surface area contributed by atoms with Crippen molar-refractivity contribution in [3.8, 4) is 0 Å². The molecule has 0 spiro atoms. The number of carboxylic acid groups (broad SMARTS) is 1. The van der Waals surface area contributed by atoms with Gasteiger partial charge >= 0.3 is 12.1 Å². The zero-order chi connectivity index (χ0) is 25.1. The highest BCUT2D eigenvalue weighted by Crippen LogP contribution is 2.35. The molecule has 0 fully saturated rings. The van der Waals surface area contributed by atoms with Crippen LogP contribution in [-0.4, -0.2) is 46.3 Å². The van der Waals surface area contributed by atoms with Crippen molar-refractivity contribution in [3.05, 3.63) is 58.3 Å². The summed E-state index contributed by atoms with van der Waals surface area (Å²) in [5, 5.41) is 18.4. The first kappa shape index (κ1) is 27.5. The summed E-state index contributed by atoms with van der Waals surface area (Å²) in [5.41, 5.74) is 0.757. The van der Waals surface area contributed by atoms with Crippen molar-refractivity contribution < 1.29 is 33.7 Å². The highest BCUT2D eigenvalue weighted by atomic mass is 32.1. The molecule has 1 aromatic carbocycles. The van der Waals surface area contributed by atoms with Crippen molar-refractivity contribution in [2.24, 2.45) is 5.92 Å². The Morgan fingerprint density at radius 1 is 1.09 bits per heavy atom. The fraction of sp³-hybridized carbons (Fsp3) is 0.409. The Morgan fingerprint density at radius 2 is 1.79 bits per heavy atom. The molecule has 12 heteroatoms. The van der Waals surface area contributed by atoms with Crippen LogP contribution in [0.3, 0.4) is 0 Å². The maximum absolute atomic E-state index is 12.8. The number of hydrogen-bond donors (Lipinski definition) is 5. The van der Waals surface area contributed by atoms with E-state index >= 15 is 0 Å². The lowest BCUT2D eigenvalue weighted by atomic mass is 10.0. The number of carboxylic acids is 1. The van der Waals surface area contributed by atoms with E-state index in [2.05, 4.69) is 15.7 Å². The Morgan fingerprint density at radius 3 is 2.38 bits per heavy atom. The standard InChI is InChI=1S/C22H30N3O7PS/c1-15(2)11-18(20(26)24-19(21(27)28)12-17-9-6-10-34-17)25-33(30,31)14-23-22(29)32-13-16-7-4-3-5-8-16/h3-10,15,18-19H,11-14H2,1-2H3,(H,23,29)(H,24,26)(H,27,28)(H2,25,30,31)/t18-,19-/m0/s1. The molecule has 34 heavy (non-hydrogen) atoms. The molecule has 5 N–H and O–H groups in total. The molecule has 2 aromatic rings. The summed E-state index contributed by atoms with van der Waals surface area (Å²) in [7, 11) is -4.20. The molecule has 186 valence electrons. The maximum atomic E-state index is 12.8. The number of rotatable bonds is 13. The number of nitrogens with one attached hydrogen (secondary N) is 3. The largest absolute Gasteiger partial charge is 0.480 e. The molecule has 0 saturated heterocycles. The van der Waals surface area contributed by atoms with Crippen molar-refractivity contribution >= 4 is 36.8 Å². The SMILES string of the molecule is CC(C)C[C@H](NP(=O)(O)CNC(=O)OCc1ccccc1)C(=O)N[C@@H](Cc1cccs1)C(=O)O. The van der Waals surface area contributed by atoms with Gasteiger partial charge in [-0.15, -0.1) is 11.3 Å². The quantitative estimate of drug-likeness (QED) is 0.257. The molecule has 10 nitrogen and oxygen atoms in total. The fourth-order valence-electron chi connectivity index (χ4n) is 3.03. The van der Waals surface area contributed by atoms with Gasteiger partial charge in [0, 0.05) is 11.3 Å². The summed E-state index contributed by atoms with van der Waals surface area (Å²) >= 11 is 1.37. The number of amides is 2. The summed E-state index contributed by atoms with van der Waals surface area (Å²) in [6, 6.07) is 10.2. The van der Waals surface area contributed by atoms with Crippen molar-refractivity contribution in [1.82, 2.24) is 15.7 Å². The first-order chi connectivity index (χ1) is 16.1. The monoisotopic (exact) mass is 511 g/mol. The minimum absolute atomic E-state index is 0.00493. The van der Waals surface area contributed by atoms with E-state index in [0.717, 1.165) is 10.4 Å². The van der Waals surface area contributed by atoms with Crippen LogP contribution in [0.25, 0.3) is 0 Å².